The zero-order chi connectivity index (χ0) is 23.2. The van der Waals surface area contributed by atoms with E-state index >= 15 is 0 Å². The second-order valence-corrected chi connectivity index (χ2v) is 10.1. The van der Waals surface area contributed by atoms with Crippen LogP contribution >= 0.6 is 0 Å². The molecule has 0 aliphatic rings. The summed E-state index contributed by atoms with van der Waals surface area (Å²) in [6.07, 6.45) is 13.7. The molecular weight excluding hydrogens is 412 g/mol. The van der Waals surface area contributed by atoms with E-state index in [1.54, 1.807) is 0 Å². The highest BCUT2D eigenvalue weighted by Crippen LogP contribution is 2.38. The van der Waals surface area contributed by atoms with Crippen LogP contribution in [0.1, 0.15) is 51.0 Å². The molecule has 6 aromatic rings. The van der Waals surface area contributed by atoms with Crippen LogP contribution in [0, 0.1) is 0 Å². The summed E-state index contributed by atoms with van der Waals surface area (Å²) in [6, 6.07) is 20.9. The quantitative estimate of drug-likeness (QED) is 0.171. The predicted molar refractivity (Wildman–Crippen MR) is 149 cm³/mol. The van der Waals surface area contributed by atoms with Crippen molar-refractivity contribution in [2.45, 2.75) is 51.9 Å². The Bertz CT molecular complexity index is 1660. The van der Waals surface area contributed by atoms with Gasteiger partial charge in [0.1, 0.15) is 0 Å². The molecule has 0 unspecified atom stereocenters. The first-order valence-electron chi connectivity index (χ1n) is 13.0. The number of aromatic nitrogens is 2. The van der Waals surface area contributed by atoms with Crippen LogP contribution in [0.5, 0.6) is 0 Å². The molecule has 6 rings (SSSR count). The Balaban J connectivity index is 1.48. The predicted octanol–water partition coefficient (Wildman–Crippen LogP) is 9.03. The number of unbranched alkanes of at least 4 members (excludes halogenated alkanes) is 5. The van der Waals surface area contributed by atoms with E-state index in [2.05, 4.69) is 97.1 Å². The molecule has 0 fully saturated rings. The van der Waals surface area contributed by atoms with Crippen molar-refractivity contribution in [1.29, 1.82) is 0 Å². The van der Waals surface area contributed by atoms with Gasteiger partial charge in [-0.05, 0) is 68.9 Å². The van der Waals surface area contributed by atoms with Gasteiger partial charge in [-0.1, -0.05) is 75.4 Å². The lowest BCUT2D eigenvalue weighted by atomic mass is 9.93. The zero-order valence-electron chi connectivity index (χ0n) is 20.7. The summed E-state index contributed by atoms with van der Waals surface area (Å²) in [5.41, 5.74) is 4.14. The van der Waals surface area contributed by atoms with Gasteiger partial charge in [-0.3, -0.25) is 0 Å². The van der Waals surface area contributed by atoms with Crippen molar-refractivity contribution >= 4 is 54.1 Å². The maximum atomic E-state index is 2.37. The topological polar surface area (TPSA) is 9.86 Å². The van der Waals surface area contributed by atoms with E-state index in [1.165, 1.54) is 105 Å². The minimum Gasteiger partial charge on any atom is -0.351 e. The van der Waals surface area contributed by atoms with Gasteiger partial charge >= 0.3 is 0 Å². The lowest BCUT2D eigenvalue weighted by molar-refractivity contribution is 0.608. The number of aryl methyl sites for hydroxylation is 3. The largest absolute Gasteiger partial charge is 0.351 e. The molecule has 0 aliphatic carbocycles. The molecule has 0 spiro atoms. The van der Waals surface area contributed by atoms with Gasteiger partial charge in [0, 0.05) is 48.3 Å². The van der Waals surface area contributed by atoms with Crippen LogP contribution in [-0.4, -0.2) is 9.13 Å². The van der Waals surface area contributed by atoms with Crippen LogP contribution in [0.2, 0.25) is 0 Å². The number of nitrogens with zero attached hydrogens (tertiary/aromatic N) is 2. The molecule has 0 saturated carbocycles. The monoisotopic (exact) mass is 446 g/mol. The average Bonchev–Trinajstić information content (AvgIpc) is 3.40. The van der Waals surface area contributed by atoms with Crippen LogP contribution in [0.15, 0.2) is 67.0 Å². The van der Waals surface area contributed by atoms with E-state index < -0.39 is 0 Å². The molecule has 2 aromatic heterocycles. The molecule has 0 bridgehead atoms. The number of benzene rings is 4. The normalized spacial score (nSPS) is 12.2. The Morgan fingerprint density at radius 3 is 1.82 bits per heavy atom. The molecule has 2 nitrogen and oxygen atoms in total. The zero-order valence-corrected chi connectivity index (χ0v) is 20.7. The van der Waals surface area contributed by atoms with Crippen molar-refractivity contribution in [2.24, 2.45) is 14.1 Å². The summed E-state index contributed by atoms with van der Waals surface area (Å²) in [5, 5.41) is 11.0. The van der Waals surface area contributed by atoms with Crippen molar-refractivity contribution in [3.63, 3.8) is 0 Å². The lowest BCUT2D eigenvalue weighted by Gasteiger charge is -2.11. The van der Waals surface area contributed by atoms with Gasteiger partial charge in [0.2, 0.25) is 0 Å². The first kappa shape index (κ1) is 21.3. The van der Waals surface area contributed by atoms with E-state index in [4.69, 9.17) is 0 Å². The molecule has 0 radical (unpaired) electrons. The lowest BCUT2D eigenvalue weighted by Crippen LogP contribution is -1.87. The van der Waals surface area contributed by atoms with Gasteiger partial charge in [-0.2, -0.15) is 0 Å². The third kappa shape index (κ3) is 3.31. The van der Waals surface area contributed by atoms with Gasteiger partial charge < -0.3 is 9.13 Å². The van der Waals surface area contributed by atoms with E-state index in [9.17, 15) is 0 Å². The van der Waals surface area contributed by atoms with Crippen molar-refractivity contribution in [2.75, 3.05) is 0 Å². The third-order valence-corrected chi connectivity index (χ3v) is 7.89. The SMILES string of the molecule is CCCCCCCCc1cn(C)c2ccc3c4ccc5c(ccc6c5ccn6C)c4ccc3c12. The van der Waals surface area contributed by atoms with Crippen molar-refractivity contribution in [1.82, 2.24) is 9.13 Å². The fraction of sp³-hybridized carbons (Fsp3) is 0.312. The van der Waals surface area contributed by atoms with E-state index in [1.807, 2.05) is 0 Å². The fourth-order valence-electron chi connectivity index (χ4n) is 6.07. The molecule has 0 amide bonds. The van der Waals surface area contributed by atoms with Gasteiger partial charge in [0.05, 0.1) is 0 Å². The summed E-state index contributed by atoms with van der Waals surface area (Å²) in [6.45, 7) is 2.29. The molecule has 172 valence electrons. The Morgan fingerprint density at radius 1 is 0.529 bits per heavy atom. The summed E-state index contributed by atoms with van der Waals surface area (Å²) < 4.78 is 4.52. The van der Waals surface area contributed by atoms with Gasteiger partial charge in [0.15, 0.2) is 0 Å². The standard InChI is InChI=1S/C32H34N2/c1-4-5-6-7-8-9-10-22-21-34(3)31-18-16-27-24-11-12-26-25(23(24)13-14-29(27)32(22)31)15-17-30-28(26)19-20-33(30)2/h11-21H,4-10H2,1-3H3. The van der Waals surface area contributed by atoms with Crippen molar-refractivity contribution in [3.05, 3.63) is 72.6 Å². The van der Waals surface area contributed by atoms with E-state index in [-0.39, 0.29) is 0 Å². The summed E-state index contributed by atoms with van der Waals surface area (Å²) in [5.74, 6) is 0. The van der Waals surface area contributed by atoms with Crippen LogP contribution in [0.4, 0.5) is 0 Å². The Morgan fingerprint density at radius 2 is 1.09 bits per heavy atom. The number of fused-ring (bicyclic) bond motifs is 9. The molecule has 2 heterocycles. The Kier molecular flexibility index (Phi) is 5.32. The molecule has 4 aromatic carbocycles. The first-order valence-corrected chi connectivity index (χ1v) is 13.0. The Labute approximate surface area is 201 Å². The summed E-state index contributed by atoms with van der Waals surface area (Å²) >= 11 is 0. The maximum Gasteiger partial charge on any atom is 0.0487 e. The van der Waals surface area contributed by atoms with Crippen LogP contribution in [-0.2, 0) is 20.5 Å². The van der Waals surface area contributed by atoms with E-state index in [0.29, 0.717) is 0 Å². The highest BCUT2D eigenvalue weighted by atomic mass is 14.9. The fourth-order valence-corrected chi connectivity index (χ4v) is 6.07. The van der Waals surface area contributed by atoms with Crippen LogP contribution in [0.25, 0.3) is 54.1 Å². The highest BCUT2D eigenvalue weighted by Gasteiger charge is 2.14. The number of hydrogen-bond acceptors (Lipinski definition) is 0. The van der Waals surface area contributed by atoms with Crippen molar-refractivity contribution < 1.29 is 0 Å². The van der Waals surface area contributed by atoms with Crippen LogP contribution in [0.3, 0.4) is 0 Å². The molecule has 0 saturated heterocycles. The van der Waals surface area contributed by atoms with Crippen LogP contribution < -0.4 is 0 Å². The van der Waals surface area contributed by atoms with E-state index in [0.717, 1.165) is 0 Å². The summed E-state index contributed by atoms with van der Waals surface area (Å²) in [4.78, 5) is 0. The Hall–Kier alpha value is -3.26. The molecule has 34 heavy (non-hydrogen) atoms. The van der Waals surface area contributed by atoms with Gasteiger partial charge in [-0.25, -0.2) is 0 Å². The maximum absolute atomic E-state index is 2.37. The highest BCUT2D eigenvalue weighted by molar-refractivity contribution is 6.25. The number of rotatable bonds is 7. The molecular formula is C32H34N2. The second kappa shape index (κ2) is 8.51. The smallest absolute Gasteiger partial charge is 0.0487 e. The first-order chi connectivity index (χ1) is 16.7. The van der Waals surface area contributed by atoms with Crippen molar-refractivity contribution in [3.8, 4) is 0 Å². The molecule has 0 N–H and O–H groups in total. The number of hydrogen-bond donors (Lipinski definition) is 0. The molecule has 0 atom stereocenters. The average molecular weight is 447 g/mol. The summed E-state index contributed by atoms with van der Waals surface area (Å²) in [7, 11) is 4.31. The third-order valence-electron chi connectivity index (χ3n) is 7.89. The minimum atomic E-state index is 1.17. The van der Waals surface area contributed by atoms with Gasteiger partial charge in [-0.15, -0.1) is 0 Å². The molecule has 0 aliphatic heterocycles. The van der Waals surface area contributed by atoms with Gasteiger partial charge in [0.25, 0.3) is 0 Å². The second-order valence-electron chi connectivity index (χ2n) is 10.1. The molecule has 2 heteroatoms. The minimum absolute atomic E-state index is 1.17.